The molecule has 2 aromatic rings. The van der Waals surface area contributed by atoms with Gasteiger partial charge in [0.05, 0.1) is 0 Å². The highest BCUT2D eigenvalue weighted by Gasteiger charge is 2.09. The Bertz CT molecular complexity index is 533. The number of rotatable bonds is 6. The van der Waals surface area contributed by atoms with Crippen molar-refractivity contribution in [3.8, 4) is 0 Å². The first-order valence-electron chi connectivity index (χ1n) is 6.91. The Morgan fingerprint density at radius 2 is 1.00 bits per heavy atom. The molecule has 0 aliphatic heterocycles. The molecule has 0 nitrogen and oxygen atoms in total. The Balaban J connectivity index is 2.59. The summed E-state index contributed by atoms with van der Waals surface area (Å²) >= 11 is 0. The van der Waals surface area contributed by atoms with Crippen LogP contribution in [-0.2, 0) is 0 Å². The summed E-state index contributed by atoms with van der Waals surface area (Å²) in [5.74, 6) is 0. The normalized spacial score (nSPS) is 11.6. The molecule has 0 saturated carbocycles. The van der Waals surface area contributed by atoms with E-state index in [9.17, 15) is 0 Å². The lowest BCUT2D eigenvalue weighted by Crippen LogP contribution is -1.92. The van der Waals surface area contributed by atoms with E-state index in [-0.39, 0.29) is 0 Å². The molecule has 0 radical (unpaired) electrons. The molecule has 0 N–H and O–H groups in total. The molecular formula is C20H20. The topological polar surface area (TPSA) is 0 Å². The molecule has 0 fully saturated rings. The molecule has 0 saturated heterocycles. The van der Waals surface area contributed by atoms with Gasteiger partial charge in [-0.15, -0.1) is 13.2 Å². The van der Waals surface area contributed by atoms with Crippen LogP contribution >= 0.6 is 0 Å². The standard InChI is InChI=1S/C20H20/c1-3-11-19(17-13-7-5-8-14-17)20(12-4-2)18-15-9-6-10-16-18/h3-10,13-16H,1-2,11-12H2. The third kappa shape index (κ3) is 3.36. The Kier molecular flexibility index (Phi) is 5.14. The minimum Gasteiger partial charge on any atom is -0.103 e. The van der Waals surface area contributed by atoms with Crippen LogP contribution < -0.4 is 0 Å². The first-order chi connectivity index (χ1) is 9.86. The molecule has 0 atom stereocenters. The lowest BCUT2D eigenvalue weighted by molar-refractivity contribution is 1.33. The fourth-order valence-corrected chi connectivity index (χ4v) is 2.40. The van der Waals surface area contributed by atoms with E-state index in [1.54, 1.807) is 0 Å². The van der Waals surface area contributed by atoms with E-state index in [0.29, 0.717) is 0 Å². The fraction of sp³-hybridized carbons (Fsp3) is 0.100. The zero-order chi connectivity index (χ0) is 14.2. The lowest BCUT2D eigenvalue weighted by Gasteiger charge is -2.14. The molecule has 0 unspecified atom stereocenters. The molecule has 100 valence electrons. The van der Waals surface area contributed by atoms with Crippen molar-refractivity contribution >= 4 is 11.1 Å². The molecule has 0 aromatic heterocycles. The summed E-state index contributed by atoms with van der Waals surface area (Å²) in [6.45, 7) is 7.80. The van der Waals surface area contributed by atoms with Gasteiger partial charge in [-0.25, -0.2) is 0 Å². The maximum Gasteiger partial charge on any atom is -0.00911 e. The average Bonchev–Trinajstić information content (AvgIpc) is 2.52. The van der Waals surface area contributed by atoms with E-state index in [4.69, 9.17) is 0 Å². The third-order valence-electron chi connectivity index (χ3n) is 3.31. The average molecular weight is 260 g/mol. The highest BCUT2D eigenvalue weighted by molar-refractivity contribution is 5.91. The summed E-state index contributed by atoms with van der Waals surface area (Å²) in [7, 11) is 0. The zero-order valence-corrected chi connectivity index (χ0v) is 11.8. The van der Waals surface area contributed by atoms with Crippen LogP contribution in [0.25, 0.3) is 11.1 Å². The summed E-state index contributed by atoms with van der Waals surface area (Å²) in [4.78, 5) is 0. The SMILES string of the molecule is C=CCC(=C(CC=C)c1ccccc1)c1ccccc1. The van der Waals surface area contributed by atoms with Crippen LogP contribution in [0, 0.1) is 0 Å². The zero-order valence-electron chi connectivity index (χ0n) is 11.8. The van der Waals surface area contributed by atoms with Gasteiger partial charge in [-0.1, -0.05) is 72.8 Å². The van der Waals surface area contributed by atoms with E-state index in [1.807, 2.05) is 24.3 Å². The number of allylic oxidation sites excluding steroid dienone is 4. The highest BCUT2D eigenvalue weighted by Crippen LogP contribution is 2.31. The summed E-state index contributed by atoms with van der Waals surface area (Å²) in [5.41, 5.74) is 5.17. The second kappa shape index (κ2) is 7.30. The van der Waals surface area contributed by atoms with Crippen LogP contribution in [0.5, 0.6) is 0 Å². The van der Waals surface area contributed by atoms with Gasteiger partial charge >= 0.3 is 0 Å². The van der Waals surface area contributed by atoms with Crippen molar-refractivity contribution in [3.05, 3.63) is 97.1 Å². The van der Waals surface area contributed by atoms with Crippen LogP contribution in [-0.4, -0.2) is 0 Å². The fourth-order valence-electron chi connectivity index (χ4n) is 2.40. The van der Waals surface area contributed by atoms with Crippen molar-refractivity contribution in [2.45, 2.75) is 12.8 Å². The predicted molar refractivity (Wildman–Crippen MR) is 89.3 cm³/mol. The monoisotopic (exact) mass is 260 g/mol. The van der Waals surface area contributed by atoms with E-state index in [1.165, 1.54) is 22.3 Å². The van der Waals surface area contributed by atoms with Gasteiger partial charge in [0.25, 0.3) is 0 Å². The Morgan fingerprint density at radius 3 is 1.30 bits per heavy atom. The molecule has 0 heterocycles. The third-order valence-corrected chi connectivity index (χ3v) is 3.31. The molecule has 0 amide bonds. The minimum absolute atomic E-state index is 0.863. The molecule has 0 aliphatic rings. The van der Waals surface area contributed by atoms with Crippen LogP contribution in [0.2, 0.25) is 0 Å². The lowest BCUT2D eigenvalue weighted by atomic mass is 9.90. The van der Waals surface area contributed by atoms with Crippen LogP contribution in [0.15, 0.2) is 86.0 Å². The molecule has 0 aliphatic carbocycles. The minimum atomic E-state index is 0.863. The van der Waals surface area contributed by atoms with Gasteiger partial charge in [0.1, 0.15) is 0 Å². The van der Waals surface area contributed by atoms with Crippen LogP contribution in [0.4, 0.5) is 0 Å². The Morgan fingerprint density at radius 1 is 0.650 bits per heavy atom. The quantitative estimate of drug-likeness (QED) is 0.458. The number of hydrogen-bond donors (Lipinski definition) is 0. The van der Waals surface area contributed by atoms with Crippen LogP contribution in [0.3, 0.4) is 0 Å². The van der Waals surface area contributed by atoms with E-state index < -0.39 is 0 Å². The molecule has 0 spiro atoms. The van der Waals surface area contributed by atoms with Gasteiger partial charge in [0, 0.05) is 0 Å². The second-order valence-electron chi connectivity index (χ2n) is 4.67. The van der Waals surface area contributed by atoms with Crippen molar-refractivity contribution < 1.29 is 0 Å². The van der Waals surface area contributed by atoms with Gasteiger partial charge in [0.15, 0.2) is 0 Å². The first-order valence-corrected chi connectivity index (χ1v) is 6.91. The summed E-state index contributed by atoms with van der Waals surface area (Å²) in [5, 5.41) is 0. The smallest absolute Gasteiger partial charge is 0.00911 e. The van der Waals surface area contributed by atoms with E-state index in [2.05, 4.69) is 61.7 Å². The summed E-state index contributed by atoms with van der Waals surface area (Å²) < 4.78 is 0. The molecule has 20 heavy (non-hydrogen) atoms. The number of benzene rings is 2. The van der Waals surface area contributed by atoms with Gasteiger partial charge in [-0.2, -0.15) is 0 Å². The predicted octanol–water partition coefficient (Wildman–Crippen LogP) is 5.75. The highest BCUT2D eigenvalue weighted by atomic mass is 14.1. The Labute approximate surface area is 121 Å². The Hall–Kier alpha value is -2.34. The largest absolute Gasteiger partial charge is 0.103 e. The first kappa shape index (κ1) is 14.1. The number of hydrogen-bond acceptors (Lipinski definition) is 0. The maximum absolute atomic E-state index is 3.90. The van der Waals surface area contributed by atoms with Gasteiger partial charge < -0.3 is 0 Å². The van der Waals surface area contributed by atoms with Crippen molar-refractivity contribution in [1.82, 2.24) is 0 Å². The van der Waals surface area contributed by atoms with E-state index >= 15 is 0 Å². The summed E-state index contributed by atoms with van der Waals surface area (Å²) in [6, 6.07) is 21.0. The van der Waals surface area contributed by atoms with Gasteiger partial charge in [-0.05, 0) is 35.1 Å². The summed E-state index contributed by atoms with van der Waals surface area (Å²) in [6.07, 6.45) is 5.66. The van der Waals surface area contributed by atoms with Crippen molar-refractivity contribution in [1.29, 1.82) is 0 Å². The van der Waals surface area contributed by atoms with Crippen molar-refractivity contribution in [3.63, 3.8) is 0 Å². The second-order valence-corrected chi connectivity index (χ2v) is 4.67. The van der Waals surface area contributed by atoms with Gasteiger partial charge in [0.2, 0.25) is 0 Å². The molecule has 0 bridgehead atoms. The van der Waals surface area contributed by atoms with Crippen LogP contribution in [0.1, 0.15) is 24.0 Å². The molecule has 2 aromatic carbocycles. The molecule has 2 rings (SSSR count). The van der Waals surface area contributed by atoms with E-state index in [0.717, 1.165) is 12.8 Å². The molecule has 0 heteroatoms. The molecular weight excluding hydrogens is 240 g/mol. The van der Waals surface area contributed by atoms with Crippen molar-refractivity contribution in [2.75, 3.05) is 0 Å². The van der Waals surface area contributed by atoms with Crippen molar-refractivity contribution in [2.24, 2.45) is 0 Å². The maximum atomic E-state index is 3.90. The van der Waals surface area contributed by atoms with Gasteiger partial charge in [-0.3, -0.25) is 0 Å².